The van der Waals surface area contributed by atoms with Crippen LogP contribution in [-0.2, 0) is 16.3 Å². The zero-order valence-electron chi connectivity index (χ0n) is 12.5. The van der Waals surface area contributed by atoms with Crippen LogP contribution in [0, 0.1) is 0 Å². The average Bonchev–Trinajstić information content (AvgIpc) is 2.36. The zero-order valence-corrected chi connectivity index (χ0v) is 13.3. The van der Waals surface area contributed by atoms with Gasteiger partial charge in [0.1, 0.15) is 9.84 Å². The second-order valence-electron chi connectivity index (χ2n) is 4.89. The molecule has 20 heavy (non-hydrogen) atoms. The van der Waals surface area contributed by atoms with E-state index in [-0.39, 0.29) is 11.8 Å². The summed E-state index contributed by atoms with van der Waals surface area (Å²) < 4.78 is 32.7. The Morgan fingerprint density at radius 2 is 1.85 bits per heavy atom. The maximum absolute atomic E-state index is 11.2. The standard InChI is InChI=1S/C14H23NO4S/c1-11(10-20(4,16)17)15-8-7-12-5-6-13(18-2)14(9-12)19-3/h5-6,9,11,15H,7-8,10H2,1-4H3/t11-/m1/s1. The highest BCUT2D eigenvalue weighted by Gasteiger charge is 2.10. The second kappa shape index (κ2) is 7.50. The molecule has 0 radical (unpaired) electrons. The van der Waals surface area contributed by atoms with E-state index < -0.39 is 9.84 Å². The van der Waals surface area contributed by atoms with Gasteiger partial charge in [0.2, 0.25) is 0 Å². The van der Waals surface area contributed by atoms with E-state index in [2.05, 4.69) is 5.32 Å². The Bertz CT molecular complexity index is 528. The lowest BCUT2D eigenvalue weighted by Gasteiger charge is -2.13. The Hall–Kier alpha value is -1.27. The monoisotopic (exact) mass is 301 g/mol. The largest absolute Gasteiger partial charge is 0.493 e. The average molecular weight is 301 g/mol. The predicted molar refractivity (Wildman–Crippen MR) is 80.4 cm³/mol. The van der Waals surface area contributed by atoms with E-state index >= 15 is 0 Å². The SMILES string of the molecule is COc1ccc(CCN[C@H](C)CS(C)(=O)=O)cc1OC. The van der Waals surface area contributed by atoms with Crippen molar-refractivity contribution in [1.29, 1.82) is 0 Å². The van der Waals surface area contributed by atoms with Gasteiger partial charge in [0.15, 0.2) is 11.5 Å². The predicted octanol–water partition coefficient (Wildman–Crippen LogP) is 1.27. The Kier molecular flexibility index (Phi) is 6.29. The summed E-state index contributed by atoms with van der Waals surface area (Å²) in [5.74, 6) is 1.56. The third kappa shape index (κ3) is 5.79. The smallest absolute Gasteiger partial charge is 0.160 e. The molecule has 0 aliphatic rings. The van der Waals surface area contributed by atoms with Crippen LogP contribution in [0.5, 0.6) is 11.5 Å². The van der Waals surface area contributed by atoms with Gasteiger partial charge in [-0.1, -0.05) is 6.07 Å². The van der Waals surface area contributed by atoms with E-state index in [0.717, 1.165) is 12.0 Å². The van der Waals surface area contributed by atoms with Gasteiger partial charge < -0.3 is 14.8 Å². The topological polar surface area (TPSA) is 64.6 Å². The van der Waals surface area contributed by atoms with Crippen molar-refractivity contribution in [3.8, 4) is 11.5 Å². The molecule has 0 aliphatic heterocycles. The fourth-order valence-electron chi connectivity index (χ4n) is 2.01. The van der Waals surface area contributed by atoms with Gasteiger partial charge in [-0.3, -0.25) is 0 Å². The fourth-order valence-corrected chi connectivity index (χ4v) is 3.04. The third-order valence-corrected chi connectivity index (χ3v) is 4.01. The maximum atomic E-state index is 11.2. The summed E-state index contributed by atoms with van der Waals surface area (Å²) in [6.07, 6.45) is 2.05. The van der Waals surface area contributed by atoms with Gasteiger partial charge in [0, 0.05) is 12.3 Å². The summed E-state index contributed by atoms with van der Waals surface area (Å²) in [7, 11) is 0.271. The van der Waals surface area contributed by atoms with Crippen molar-refractivity contribution in [1.82, 2.24) is 5.32 Å². The second-order valence-corrected chi connectivity index (χ2v) is 7.07. The van der Waals surface area contributed by atoms with Crippen molar-refractivity contribution in [2.75, 3.05) is 32.8 Å². The van der Waals surface area contributed by atoms with Gasteiger partial charge in [-0.25, -0.2) is 8.42 Å². The minimum Gasteiger partial charge on any atom is -0.493 e. The number of ether oxygens (including phenoxy) is 2. The van der Waals surface area contributed by atoms with E-state index in [1.165, 1.54) is 6.26 Å². The molecule has 0 heterocycles. The first-order chi connectivity index (χ1) is 9.35. The van der Waals surface area contributed by atoms with Crippen LogP contribution in [0.25, 0.3) is 0 Å². The quantitative estimate of drug-likeness (QED) is 0.783. The van der Waals surface area contributed by atoms with Crippen LogP contribution in [0.2, 0.25) is 0 Å². The Morgan fingerprint density at radius 3 is 2.40 bits per heavy atom. The van der Waals surface area contributed by atoms with Crippen molar-refractivity contribution in [3.05, 3.63) is 23.8 Å². The van der Waals surface area contributed by atoms with Crippen molar-refractivity contribution < 1.29 is 17.9 Å². The lowest BCUT2D eigenvalue weighted by molar-refractivity contribution is 0.354. The first-order valence-corrected chi connectivity index (χ1v) is 8.53. The van der Waals surface area contributed by atoms with Gasteiger partial charge in [0.05, 0.1) is 20.0 Å². The van der Waals surface area contributed by atoms with Gasteiger partial charge in [-0.15, -0.1) is 0 Å². The number of nitrogens with one attached hydrogen (secondary N) is 1. The number of hydrogen-bond acceptors (Lipinski definition) is 5. The van der Waals surface area contributed by atoms with Crippen LogP contribution in [0.3, 0.4) is 0 Å². The number of hydrogen-bond donors (Lipinski definition) is 1. The first-order valence-electron chi connectivity index (χ1n) is 6.47. The molecule has 6 heteroatoms. The van der Waals surface area contributed by atoms with E-state index in [0.29, 0.717) is 18.0 Å². The van der Waals surface area contributed by atoms with Crippen LogP contribution in [0.1, 0.15) is 12.5 Å². The lowest BCUT2D eigenvalue weighted by Crippen LogP contribution is -2.34. The lowest BCUT2D eigenvalue weighted by atomic mass is 10.1. The maximum Gasteiger partial charge on any atom is 0.160 e. The van der Waals surface area contributed by atoms with Crippen LogP contribution in [0.4, 0.5) is 0 Å². The molecule has 0 aliphatic carbocycles. The number of rotatable bonds is 8. The molecule has 114 valence electrons. The third-order valence-electron chi connectivity index (χ3n) is 2.91. The zero-order chi connectivity index (χ0) is 15.2. The molecule has 0 aromatic heterocycles. The fraction of sp³-hybridized carbons (Fsp3) is 0.571. The van der Waals surface area contributed by atoms with Crippen molar-refractivity contribution in [3.63, 3.8) is 0 Å². The molecular weight excluding hydrogens is 278 g/mol. The van der Waals surface area contributed by atoms with Gasteiger partial charge in [0.25, 0.3) is 0 Å². The molecule has 1 rings (SSSR count). The number of benzene rings is 1. The first kappa shape index (κ1) is 16.8. The molecule has 0 bridgehead atoms. The molecule has 0 saturated carbocycles. The minimum absolute atomic E-state index is 0.0508. The van der Waals surface area contributed by atoms with Gasteiger partial charge in [-0.05, 0) is 37.6 Å². The molecule has 0 unspecified atom stereocenters. The highest BCUT2D eigenvalue weighted by atomic mass is 32.2. The molecule has 1 atom stereocenters. The minimum atomic E-state index is -2.94. The summed E-state index contributed by atoms with van der Waals surface area (Å²) in [6, 6.07) is 5.73. The number of sulfone groups is 1. The summed E-state index contributed by atoms with van der Waals surface area (Å²) in [6.45, 7) is 2.59. The number of methoxy groups -OCH3 is 2. The normalized spacial score (nSPS) is 13.0. The Labute approximate surface area is 121 Å². The van der Waals surface area contributed by atoms with E-state index in [4.69, 9.17) is 9.47 Å². The van der Waals surface area contributed by atoms with Crippen LogP contribution in [-0.4, -0.2) is 47.2 Å². The molecule has 1 N–H and O–H groups in total. The van der Waals surface area contributed by atoms with E-state index in [1.54, 1.807) is 14.2 Å². The molecule has 5 nitrogen and oxygen atoms in total. The highest BCUT2D eigenvalue weighted by Crippen LogP contribution is 2.27. The van der Waals surface area contributed by atoms with Crippen molar-refractivity contribution in [2.24, 2.45) is 0 Å². The van der Waals surface area contributed by atoms with E-state index in [1.807, 2.05) is 25.1 Å². The summed E-state index contributed by atoms with van der Waals surface area (Å²) >= 11 is 0. The molecular formula is C14H23NO4S. The molecule has 0 spiro atoms. The van der Waals surface area contributed by atoms with Crippen molar-refractivity contribution in [2.45, 2.75) is 19.4 Å². The van der Waals surface area contributed by atoms with Crippen LogP contribution < -0.4 is 14.8 Å². The Balaban J connectivity index is 2.50. The molecule has 0 saturated heterocycles. The van der Waals surface area contributed by atoms with Crippen molar-refractivity contribution >= 4 is 9.84 Å². The van der Waals surface area contributed by atoms with Crippen LogP contribution in [0.15, 0.2) is 18.2 Å². The molecule has 0 fully saturated rings. The summed E-state index contributed by atoms with van der Waals surface area (Å²) in [5.41, 5.74) is 1.11. The van der Waals surface area contributed by atoms with E-state index in [9.17, 15) is 8.42 Å². The van der Waals surface area contributed by atoms with Gasteiger partial charge >= 0.3 is 0 Å². The van der Waals surface area contributed by atoms with Crippen LogP contribution >= 0.6 is 0 Å². The summed E-state index contributed by atoms with van der Waals surface area (Å²) in [5, 5.41) is 3.20. The Morgan fingerprint density at radius 1 is 1.20 bits per heavy atom. The highest BCUT2D eigenvalue weighted by molar-refractivity contribution is 7.90. The molecule has 0 amide bonds. The molecule has 1 aromatic rings. The molecule has 1 aromatic carbocycles. The van der Waals surface area contributed by atoms with Gasteiger partial charge in [-0.2, -0.15) is 0 Å². The summed E-state index contributed by atoms with van der Waals surface area (Å²) in [4.78, 5) is 0.